The van der Waals surface area contributed by atoms with E-state index in [1.165, 1.54) is 23.8 Å². The van der Waals surface area contributed by atoms with Crippen molar-refractivity contribution in [2.45, 2.75) is 18.4 Å². The first-order valence-electron chi connectivity index (χ1n) is 5.45. The van der Waals surface area contributed by atoms with E-state index in [9.17, 15) is 8.42 Å². The van der Waals surface area contributed by atoms with Crippen molar-refractivity contribution in [2.75, 3.05) is 14.2 Å². The van der Waals surface area contributed by atoms with E-state index in [4.69, 9.17) is 9.15 Å². The zero-order valence-corrected chi connectivity index (χ0v) is 12.4. The van der Waals surface area contributed by atoms with Gasteiger partial charge in [-0.2, -0.15) is 8.68 Å². The molecule has 2 aromatic heterocycles. The summed E-state index contributed by atoms with van der Waals surface area (Å²) >= 11 is 1.04. The van der Waals surface area contributed by atoms with Crippen LogP contribution in [0.4, 0.5) is 0 Å². The molecule has 2 aromatic rings. The fourth-order valence-electron chi connectivity index (χ4n) is 1.57. The second-order valence-electron chi connectivity index (χ2n) is 3.96. The van der Waals surface area contributed by atoms with E-state index < -0.39 is 10.0 Å². The fraction of sp³-hybridized carbons (Fsp3) is 0.364. The van der Waals surface area contributed by atoms with E-state index in [1.807, 2.05) is 6.92 Å². The maximum Gasteiger partial charge on any atom is 0.249 e. The number of ether oxygens (including phenoxy) is 1. The lowest BCUT2D eigenvalue weighted by Crippen LogP contribution is -2.26. The van der Waals surface area contributed by atoms with Crippen molar-refractivity contribution in [3.8, 4) is 5.88 Å². The smallest absolute Gasteiger partial charge is 0.249 e. The number of furan rings is 1. The average Bonchev–Trinajstić information content (AvgIpc) is 2.97. The van der Waals surface area contributed by atoms with Gasteiger partial charge in [0, 0.05) is 12.4 Å². The lowest BCUT2D eigenvalue weighted by atomic mass is 10.4. The Morgan fingerprint density at radius 2 is 2.21 bits per heavy atom. The molecule has 8 heteroatoms. The number of hydrogen-bond donors (Lipinski definition) is 0. The van der Waals surface area contributed by atoms with Crippen LogP contribution in [-0.2, 0) is 16.6 Å². The molecule has 0 unspecified atom stereocenters. The van der Waals surface area contributed by atoms with Crippen molar-refractivity contribution in [2.24, 2.45) is 0 Å². The fourth-order valence-corrected chi connectivity index (χ4v) is 3.74. The van der Waals surface area contributed by atoms with Crippen LogP contribution in [0.5, 0.6) is 5.88 Å². The third-order valence-electron chi connectivity index (χ3n) is 2.56. The molecule has 0 aliphatic heterocycles. The quantitative estimate of drug-likeness (QED) is 0.843. The molecule has 0 bridgehead atoms. The first kappa shape index (κ1) is 14.0. The van der Waals surface area contributed by atoms with Crippen LogP contribution in [0.1, 0.15) is 11.5 Å². The Morgan fingerprint density at radius 1 is 1.47 bits per heavy atom. The molecule has 0 spiro atoms. The van der Waals surface area contributed by atoms with Gasteiger partial charge < -0.3 is 9.15 Å². The molecule has 0 atom stereocenters. The monoisotopic (exact) mass is 302 g/mol. The normalized spacial score (nSPS) is 12.0. The Balaban J connectivity index is 2.24. The van der Waals surface area contributed by atoms with Crippen molar-refractivity contribution in [1.82, 2.24) is 8.68 Å². The molecule has 0 radical (unpaired) electrons. The molecule has 0 aliphatic rings. The molecule has 2 rings (SSSR count). The van der Waals surface area contributed by atoms with Crippen LogP contribution < -0.4 is 4.74 Å². The van der Waals surface area contributed by atoms with Crippen LogP contribution in [0.15, 0.2) is 26.8 Å². The molecule has 6 nitrogen and oxygen atoms in total. The van der Waals surface area contributed by atoms with Gasteiger partial charge in [-0.1, -0.05) is 0 Å². The van der Waals surface area contributed by atoms with Gasteiger partial charge in [-0.05, 0) is 30.6 Å². The molecule has 0 amide bonds. The van der Waals surface area contributed by atoms with Crippen molar-refractivity contribution >= 4 is 21.6 Å². The van der Waals surface area contributed by atoms with Crippen LogP contribution in [0, 0.1) is 6.92 Å². The van der Waals surface area contributed by atoms with Gasteiger partial charge >= 0.3 is 0 Å². The van der Waals surface area contributed by atoms with Crippen molar-refractivity contribution in [3.63, 3.8) is 0 Å². The van der Waals surface area contributed by atoms with Crippen molar-refractivity contribution in [3.05, 3.63) is 29.0 Å². The number of nitrogens with zero attached hydrogens (tertiary/aromatic N) is 2. The Morgan fingerprint density at radius 3 is 2.79 bits per heavy atom. The first-order chi connectivity index (χ1) is 8.95. The minimum absolute atomic E-state index is 0.0748. The van der Waals surface area contributed by atoms with E-state index in [-0.39, 0.29) is 17.3 Å². The van der Waals surface area contributed by atoms with E-state index in [0.717, 1.165) is 17.3 Å². The molecular weight excluding hydrogens is 288 g/mol. The third kappa shape index (κ3) is 2.80. The van der Waals surface area contributed by atoms with Gasteiger partial charge in [0.15, 0.2) is 4.90 Å². The SMILES string of the molecule is COc1nscc1S(=O)(=O)N(C)Cc1ccc(C)o1. The van der Waals surface area contributed by atoms with Gasteiger partial charge in [0.2, 0.25) is 15.9 Å². The van der Waals surface area contributed by atoms with Gasteiger partial charge in [0.1, 0.15) is 11.5 Å². The molecule has 0 aliphatic carbocycles. The van der Waals surface area contributed by atoms with Crippen molar-refractivity contribution < 1.29 is 17.6 Å². The van der Waals surface area contributed by atoms with Gasteiger partial charge in [0.25, 0.3) is 0 Å². The zero-order chi connectivity index (χ0) is 14.0. The third-order valence-corrected chi connectivity index (χ3v) is 5.12. The maximum atomic E-state index is 12.4. The molecular formula is C11H14N2O4S2. The van der Waals surface area contributed by atoms with E-state index in [1.54, 1.807) is 12.1 Å². The highest BCUT2D eigenvalue weighted by molar-refractivity contribution is 7.89. The summed E-state index contributed by atoms with van der Waals surface area (Å²) in [6.07, 6.45) is 0. The predicted octanol–water partition coefficient (Wildman–Crippen LogP) is 1.87. The Bertz CT molecular complexity index is 660. The Kier molecular flexibility index (Phi) is 3.93. The molecule has 0 aromatic carbocycles. The second kappa shape index (κ2) is 5.32. The molecule has 0 N–H and O–H groups in total. The predicted molar refractivity (Wildman–Crippen MR) is 70.8 cm³/mol. The minimum atomic E-state index is -3.63. The van der Waals surface area contributed by atoms with Crippen LogP contribution >= 0.6 is 11.5 Å². The zero-order valence-electron chi connectivity index (χ0n) is 10.8. The summed E-state index contributed by atoms with van der Waals surface area (Å²) in [5.41, 5.74) is 0. The molecule has 104 valence electrons. The van der Waals surface area contributed by atoms with Crippen molar-refractivity contribution in [1.29, 1.82) is 0 Å². The largest absolute Gasteiger partial charge is 0.479 e. The van der Waals surface area contributed by atoms with Gasteiger partial charge in [0.05, 0.1) is 13.7 Å². The van der Waals surface area contributed by atoms with Gasteiger partial charge in [-0.3, -0.25) is 0 Å². The average molecular weight is 302 g/mol. The lowest BCUT2D eigenvalue weighted by Gasteiger charge is -2.15. The molecule has 2 heterocycles. The highest BCUT2D eigenvalue weighted by Crippen LogP contribution is 2.27. The number of sulfonamides is 1. The first-order valence-corrected chi connectivity index (χ1v) is 7.73. The molecule has 0 saturated heterocycles. The number of aromatic nitrogens is 1. The summed E-state index contributed by atoms with van der Waals surface area (Å²) in [7, 11) is -0.748. The summed E-state index contributed by atoms with van der Waals surface area (Å²) < 4.78 is 40.1. The maximum absolute atomic E-state index is 12.4. The van der Waals surface area contributed by atoms with E-state index in [2.05, 4.69) is 4.37 Å². The van der Waals surface area contributed by atoms with Crippen LogP contribution in [0.3, 0.4) is 0 Å². The Labute approximate surface area is 115 Å². The summed E-state index contributed by atoms with van der Waals surface area (Å²) in [4.78, 5) is 0.0748. The highest BCUT2D eigenvalue weighted by atomic mass is 32.2. The summed E-state index contributed by atoms with van der Waals surface area (Å²) in [5, 5.41) is 1.46. The summed E-state index contributed by atoms with van der Waals surface area (Å²) in [6.45, 7) is 1.97. The summed E-state index contributed by atoms with van der Waals surface area (Å²) in [5.74, 6) is 1.45. The lowest BCUT2D eigenvalue weighted by molar-refractivity contribution is 0.379. The number of rotatable bonds is 5. The highest BCUT2D eigenvalue weighted by Gasteiger charge is 2.27. The molecule has 0 fully saturated rings. The molecule has 19 heavy (non-hydrogen) atoms. The second-order valence-corrected chi connectivity index (χ2v) is 6.60. The number of hydrogen-bond acceptors (Lipinski definition) is 6. The minimum Gasteiger partial charge on any atom is -0.479 e. The van der Waals surface area contributed by atoms with Gasteiger partial charge in [-0.25, -0.2) is 8.42 Å². The standard InChI is InChI=1S/C11H14N2O4S2/c1-8-4-5-9(17-8)6-13(2)19(14,15)10-7-18-12-11(10)16-3/h4-5,7H,6H2,1-3H3. The topological polar surface area (TPSA) is 72.6 Å². The van der Waals surface area contributed by atoms with Crippen LogP contribution in [0.25, 0.3) is 0 Å². The van der Waals surface area contributed by atoms with Crippen LogP contribution in [0.2, 0.25) is 0 Å². The van der Waals surface area contributed by atoms with E-state index >= 15 is 0 Å². The number of aryl methyl sites for hydroxylation is 1. The van der Waals surface area contributed by atoms with Gasteiger partial charge in [-0.15, -0.1) is 0 Å². The van der Waals surface area contributed by atoms with E-state index in [0.29, 0.717) is 5.76 Å². The van der Waals surface area contributed by atoms with Crippen LogP contribution in [-0.4, -0.2) is 31.3 Å². The summed E-state index contributed by atoms with van der Waals surface area (Å²) in [6, 6.07) is 3.55. The number of methoxy groups -OCH3 is 1. The molecule has 0 saturated carbocycles. The Hall–Kier alpha value is -1.38.